The number of aryl methyl sites for hydroxylation is 2. The third-order valence-electron chi connectivity index (χ3n) is 5.88. The molecular weight excluding hydrogens is 498 g/mol. The van der Waals surface area contributed by atoms with Crippen molar-refractivity contribution in [1.82, 2.24) is 14.9 Å². The molecule has 0 saturated heterocycles. The summed E-state index contributed by atoms with van der Waals surface area (Å²) in [6, 6.07) is 13.2. The number of hydrogen-bond acceptors (Lipinski definition) is 7. The second-order valence-corrected chi connectivity index (χ2v) is 10.1. The van der Waals surface area contributed by atoms with Gasteiger partial charge in [0.25, 0.3) is 5.56 Å². The highest BCUT2D eigenvalue weighted by Crippen LogP contribution is 2.33. The Morgan fingerprint density at radius 1 is 1.17 bits per heavy atom. The van der Waals surface area contributed by atoms with Gasteiger partial charge < -0.3 is 19.6 Å². The lowest BCUT2D eigenvalue weighted by Gasteiger charge is -2.24. The Balaban J connectivity index is 1.49. The smallest absolute Gasteiger partial charge is 0.260 e. The highest BCUT2D eigenvalue weighted by atomic mass is 35.5. The maximum atomic E-state index is 13.1. The van der Waals surface area contributed by atoms with E-state index < -0.39 is 6.10 Å². The lowest BCUT2D eigenvalue weighted by atomic mass is 9.99. The number of methoxy groups -OCH3 is 1. The molecule has 4 aromatic rings. The number of H-pyrrole nitrogens is 1. The summed E-state index contributed by atoms with van der Waals surface area (Å²) < 4.78 is 10.9. The van der Waals surface area contributed by atoms with Gasteiger partial charge in [-0.1, -0.05) is 35.4 Å². The van der Waals surface area contributed by atoms with Crippen molar-refractivity contribution < 1.29 is 14.6 Å². The molecule has 0 saturated carbocycles. The fraction of sp³-hybridized carbons (Fsp3) is 0.333. The molecule has 0 amide bonds. The van der Waals surface area contributed by atoms with E-state index in [1.54, 1.807) is 31.4 Å². The van der Waals surface area contributed by atoms with Crippen LogP contribution in [0.25, 0.3) is 21.3 Å². The minimum Gasteiger partial charge on any atom is -0.491 e. The van der Waals surface area contributed by atoms with Crippen LogP contribution >= 0.6 is 22.9 Å². The number of hydrogen-bond donors (Lipinski definition) is 2. The molecule has 190 valence electrons. The van der Waals surface area contributed by atoms with Crippen LogP contribution in [0, 0.1) is 13.8 Å². The first-order valence-electron chi connectivity index (χ1n) is 11.7. The Labute approximate surface area is 219 Å². The van der Waals surface area contributed by atoms with Crippen molar-refractivity contribution in [2.45, 2.75) is 26.5 Å². The van der Waals surface area contributed by atoms with E-state index in [1.165, 1.54) is 16.9 Å². The molecule has 0 aliphatic rings. The summed E-state index contributed by atoms with van der Waals surface area (Å²) >= 11 is 7.37. The largest absolute Gasteiger partial charge is 0.491 e. The number of aromatic amines is 1. The fourth-order valence-corrected chi connectivity index (χ4v) is 5.21. The Kier molecular flexibility index (Phi) is 8.77. The lowest BCUT2D eigenvalue weighted by Crippen LogP contribution is -2.38. The summed E-state index contributed by atoms with van der Waals surface area (Å²) in [5, 5.41) is 13.8. The number of aliphatic hydroxyl groups is 1. The maximum Gasteiger partial charge on any atom is 0.260 e. The number of halogens is 1. The van der Waals surface area contributed by atoms with E-state index >= 15 is 0 Å². The van der Waals surface area contributed by atoms with E-state index in [1.807, 2.05) is 10.3 Å². The van der Waals surface area contributed by atoms with Gasteiger partial charge in [-0.05, 0) is 49.2 Å². The van der Waals surface area contributed by atoms with Crippen molar-refractivity contribution >= 4 is 33.2 Å². The molecule has 1 atom stereocenters. The second kappa shape index (κ2) is 12.0. The number of benzene rings is 2. The Hall–Kier alpha value is -2.75. The van der Waals surface area contributed by atoms with E-state index in [0.29, 0.717) is 53.1 Å². The van der Waals surface area contributed by atoms with Gasteiger partial charge in [-0.2, -0.15) is 0 Å². The van der Waals surface area contributed by atoms with Crippen LogP contribution in [0.4, 0.5) is 0 Å². The van der Waals surface area contributed by atoms with Crippen molar-refractivity contribution in [2.24, 2.45) is 0 Å². The molecule has 4 rings (SSSR count). The number of fused-ring (bicyclic) bond motifs is 1. The zero-order valence-corrected chi connectivity index (χ0v) is 22.2. The molecule has 1 unspecified atom stereocenters. The predicted molar refractivity (Wildman–Crippen MR) is 145 cm³/mol. The van der Waals surface area contributed by atoms with Crippen LogP contribution < -0.4 is 10.3 Å². The molecule has 7 nitrogen and oxygen atoms in total. The molecule has 2 heterocycles. The summed E-state index contributed by atoms with van der Waals surface area (Å²) in [6.07, 6.45) is -0.745. The average Bonchev–Trinajstić information content (AvgIpc) is 3.26. The molecule has 9 heteroatoms. The number of rotatable bonds is 11. The van der Waals surface area contributed by atoms with Crippen molar-refractivity contribution in [3.05, 3.63) is 80.2 Å². The van der Waals surface area contributed by atoms with Gasteiger partial charge in [0.2, 0.25) is 0 Å². The van der Waals surface area contributed by atoms with Gasteiger partial charge in [0.1, 0.15) is 29.1 Å². The second-order valence-electron chi connectivity index (χ2n) is 8.81. The van der Waals surface area contributed by atoms with Crippen molar-refractivity contribution in [3.8, 4) is 16.9 Å². The summed E-state index contributed by atoms with van der Waals surface area (Å²) in [4.78, 5) is 23.5. The quantitative estimate of drug-likeness (QED) is 0.291. The number of thiophene rings is 1. The van der Waals surface area contributed by atoms with E-state index in [9.17, 15) is 9.90 Å². The highest BCUT2D eigenvalue weighted by molar-refractivity contribution is 7.17. The molecule has 2 aromatic heterocycles. The SMILES string of the molecule is COCCN(Cc1nc2scc(-c3ccc(C)cc3C)c2c(=O)[nH]1)CC(O)COc1ccc(Cl)cc1. The maximum absolute atomic E-state index is 13.1. The van der Waals surface area contributed by atoms with Crippen molar-refractivity contribution in [3.63, 3.8) is 0 Å². The van der Waals surface area contributed by atoms with Crippen LogP contribution in [0.5, 0.6) is 5.75 Å². The Morgan fingerprint density at radius 2 is 1.94 bits per heavy atom. The van der Waals surface area contributed by atoms with E-state index in [2.05, 4.69) is 37.0 Å². The van der Waals surface area contributed by atoms with Crippen LogP contribution in [0.2, 0.25) is 5.02 Å². The standard InChI is InChI=1S/C27H30ClN3O4S/c1-17-4-9-22(18(2)12-17)23-16-36-27-25(23)26(33)29-24(30-27)14-31(10-11-34-3)13-20(32)15-35-21-7-5-19(28)6-8-21/h4-9,12,16,20,32H,10-11,13-15H2,1-3H3,(H,29,30,33). The number of nitrogens with one attached hydrogen (secondary N) is 1. The zero-order valence-electron chi connectivity index (χ0n) is 20.6. The predicted octanol–water partition coefficient (Wildman–Crippen LogP) is 4.81. The van der Waals surface area contributed by atoms with Gasteiger partial charge in [0.15, 0.2) is 0 Å². The van der Waals surface area contributed by atoms with E-state index in [-0.39, 0.29) is 12.2 Å². The minimum absolute atomic E-state index is 0.123. The summed E-state index contributed by atoms with van der Waals surface area (Å²) in [5.41, 5.74) is 4.08. The molecule has 2 N–H and O–H groups in total. The van der Waals surface area contributed by atoms with Crippen molar-refractivity contribution in [1.29, 1.82) is 0 Å². The topological polar surface area (TPSA) is 87.7 Å². The Morgan fingerprint density at radius 3 is 2.67 bits per heavy atom. The Bertz CT molecular complexity index is 1370. The third-order valence-corrected chi connectivity index (χ3v) is 7.00. The zero-order chi connectivity index (χ0) is 25.7. The van der Waals surface area contributed by atoms with Gasteiger partial charge in [0.05, 0.1) is 18.5 Å². The van der Waals surface area contributed by atoms with E-state index in [0.717, 1.165) is 16.7 Å². The minimum atomic E-state index is -0.745. The molecule has 2 aromatic carbocycles. The first-order valence-corrected chi connectivity index (χ1v) is 13.0. The fourth-order valence-electron chi connectivity index (χ4n) is 4.12. The third kappa shape index (κ3) is 6.52. The van der Waals surface area contributed by atoms with Crippen LogP contribution in [-0.2, 0) is 11.3 Å². The molecule has 0 bridgehead atoms. The van der Waals surface area contributed by atoms with Crippen LogP contribution in [-0.4, -0.2) is 59.5 Å². The number of ether oxygens (including phenoxy) is 2. The van der Waals surface area contributed by atoms with Gasteiger partial charge >= 0.3 is 0 Å². The number of nitrogens with zero attached hydrogens (tertiary/aromatic N) is 2. The van der Waals surface area contributed by atoms with Crippen LogP contribution in [0.3, 0.4) is 0 Å². The molecule has 0 spiro atoms. The molecular formula is C27H30ClN3O4S. The summed E-state index contributed by atoms with van der Waals surface area (Å²) in [6.45, 7) is 5.97. The first kappa shape index (κ1) is 26.3. The van der Waals surface area contributed by atoms with E-state index in [4.69, 9.17) is 26.1 Å². The van der Waals surface area contributed by atoms with Gasteiger partial charge in [0, 0.05) is 36.2 Å². The molecule has 0 fully saturated rings. The highest BCUT2D eigenvalue weighted by Gasteiger charge is 2.18. The molecule has 0 aliphatic carbocycles. The van der Waals surface area contributed by atoms with Crippen LogP contribution in [0.1, 0.15) is 17.0 Å². The average molecular weight is 528 g/mol. The molecule has 36 heavy (non-hydrogen) atoms. The van der Waals surface area contributed by atoms with Crippen LogP contribution in [0.15, 0.2) is 52.6 Å². The summed E-state index contributed by atoms with van der Waals surface area (Å²) in [5.74, 6) is 1.18. The normalized spacial score (nSPS) is 12.4. The van der Waals surface area contributed by atoms with Gasteiger partial charge in [-0.3, -0.25) is 9.69 Å². The van der Waals surface area contributed by atoms with Gasteiger partial charge in [-0.15, -0.1) is 11.3 Å². The molecule has 0 aliphatic heterocycles. The van der Waals surface area contributed by atoms with Crippen molar-refractivity contribution in [2.75, 3.05) is 33.4 Å². The summed E-state index contributed by atoms with van der Waals surface area (Å²) in [7, 11) is 1.63. The van der Waals surface area contributed by atoms with Gasteiger partial charge in [-0.25, -0.2) is 4.98 Å². The number of aliphatic hydroxyl groups excluding tert-OH is 1. The lowest BCUT2D eigenvalue weighted by molar-refractivity contribution is 0.0533. The monoisotopic (exact) mass is 527 g/mol. The number of aromatic nitrogens is 2. The first-order chi connectivity index (χ1) is 17.3. The molecule has 0 radical (unpaired) electrons.